The van der Waals surface area contributed by atoms with E-state index in [9.17, 15) is 9.90 Å². The highest BCUT2D eigenvalue weighted by atomic mass is 16.5. The van der Waals surface area contributed by atoms with Crippen LogP contribution in [0.2, 0.25) is 0 Å². The SMILES string of the molecule is CCN1CCN(C(C(=O)O)c2ccc(OCC(C)C)cc2)CC1C. The number of rotatable bonds is 7. The molecule has 5 nitrogen and oxygen atoms in total. The Balaban J connectivity index is 2.09. The molecule has 2 atom stereocenters. The number of carbonyl (C=O) groups is 1. The number of benzene rings is 1. The minimum atomic E-state index is -0.789. The van der Waals surface area contributed by atoms with Crippen LogP contribution >= 0.6 is 0 Å². The Kier molecular flexibility index (Phi) is 6.63. The van der Waals surface area contributed by atoms with Gasteiger partial charge < -0.3 is 9.84 Å². The molecule has 1 fully saturated rings. The standard InChI is InChI=1S/C19H30N2O3/c1-5-20-10-11-21(12-15(20)4)18(19(22)23)16-6-8-17(9-7-16)24-13-14(2)3/h6-9,14-15,18H,5,10-13H2,1-4H3,(H,22,23). The van der Waals surface area contributed by atoms with Crippen molar-refractivity contribution in [1.29, 1.82) is 0 Å². The van der Waals surface area contributed by atoms with E-state index in [2.05, 4.69) is 37.5 Å². The Morgan fingerprint density at radius 2 is 1.96 bits per heavy atom. The molecule has 1 aromatic rings. The molecule has 0 saturated carbocycles. The molecule has 1 saturated heterocycles. The molecular weight excluding hydrogens is 304 g/mol. The van der Waals surface area contributed by atoms with Crippen LogP contribution in [0, 0.1) is 5.92 Å². The number of likely N-dealkylation sites (N-methyl/N-ethyl adjacent to an activating group) is 1. The van der Waals surface area contributed by atoms with Gasteiger partial charge in [-0.05, 0) is 37.1 Å². The van der Waals surface area contributed by atoms with Crippen LogP contribution < -0.4 is 4.74 Å². The van der Waals surface area contributed by atoms with Crippen LogP contribution in [0.3, 0.4) is 0 Å². The number of carboxylic acids is 1. The molecule has 1 N–H and O–H groups in total. The van der Waals surface area contributed by atoms with Gasteiger partial charge in [0.2, 0.25) is 0 Å². The van der Waals surface area contributed by atoms with Crippen LogP contribution in [0.1, 0.15) is 39.3 Å². The predicted molar refractivity (Wildman–Crippen MR) is 95.4 cm³/mol. The van der Waals surface area contributed by atoms with Gasteiger partial charge in [-0.1, -0.05) is 32.9 Å². The molecule has 0 amide bonds. The van der Waals surface area contributed by atoms with Crippen molar-refractivity contribution in [2.45, 2.75) is 39.8 Å². The van der Waals surface area contributed by atoms with Gasteiger partial charge >= 0.3 is 5.97 Å². The molecule has 0 bridgehead atoms. The number of nitrogens with zero attached hydrogens (tertiary/aromatic N) is 2. The second-order valence-corrected chi connectivity index (χ2v) is 6.99. The van der Waals surface area contributed by atoms with E-state index in [4.69, 9.17) is 4.74 Å². The highest BCUT2D eigenvalue weighted by molar-refractivity contribution is 5.75. The molecule has 1 aliphatic rings. The summed E-state index contributed by atoms with van der Waals surface area (Å²) in [4.78, 5) is 16.3. The Bertz CT molecular complexity index is 530. The van der Waals surface area contributed by atoms with Crippen molar-refractivity contribution in [2.75, 3.05) is 32.8 Å². The number of hydrogen-bond donors (Lipinski definition) is 1. The van der Waals surface area contributed by atoms with Gasteiger partial charge in [-0.2, -0.15) is 0 Å². The average Bonchev–Trinajstić information content (AvgIpc) is 2.54. The van der Waals surface area contributed by atoms with Crippen LogP contribution in [-0.4, -0.2) is 59.7 Å². The average molecular weight is 334 g/mol. The van der Waals surface area contributed by atoms with Crippen molar-refractivity contribution < 1.29 is 14.6 Å². The van der Waals surface area contributed by atoms with Crippen molar-refractivity contribution in [1.82, 2.24) is 9.80 Å². The van der Waals surface area contributed by atoms with Crippen LogP contribution in [-0.2, 0) is 4.79 Å². The summed E-state index contributed by atoms with van der Waals surface area (Å²) >= 11 is 0. The number of piperazine rings is 1. The lowest BCUT2D eigenvalue weighted by molar-refractivity contribution is -0.144. The Hall–Kier alpha value is -1.59. The first-order valence-corrected chi connectivity index (χ1v) is 8.86. The summed E-state index contributed by atoms with van der Waals surface area (Å²) in [6, 6.07) is 7.29. The maximum atomic E-state index is 11.9. The van der Waals surface area contributed by atoms with Crippen LogP contribution in [0.5, 0.6) is 5.75 Å². The molecule has 0 aromatic heterocycles. The first-order valence-electron chi connectivity index (χ1n) is 8.86. The second-order valence-electron chi connectivity index (χ2n) is 6.99. The highest BCUT2D eigenvalue weighted by Gasteiger charge is 2.32. The maximum Gasteiger partial charge on any atom is 0.325 e. The summed E-state index contributed by atoms with van der Waals surface area (Å²) in [6.07, 6.45) is 0. The van der Waals surface area contributed by atoms with E-state index in [1.54, 1.807) is 0 Å². The molecule has 134 valence electrons. The summed E-state index contributed by atoms with van der Waals surface area (Å²) in [6.45, 7) is 12.7. The van der Waals surface area contributed by atoms with Gasteiger partial charge in [0, 0.05) is 25.7 Å². The highest BCUT2D eigenvalue weighted by Crippen LogP contribution is 2.26. The molecule has 2 rings (SSSR count). The predicted octanol–water partition coefficient (Wildman–Crippen LogP) is 2.87. The molecule has 0 spiro atoms. The molecule has 5 heteroatoms. The van der Waals surface area contributed by atoms with Gasteiger partial charge in [-0.25, -0.2) is 0 Å². The Labute approximate surface area is 145 Å². The summed E-state index contributed by atoms with van der Waals surface area (Å²) in [5, 5.41) is 9.75. The summed E-state index contributed by atoms with van der Waals surface area (Å²) in [7, 11) is 0. The third-order valence-electron chi connectivity index (χ3n) is 4.58. The lowest BCUT2D eigenvalue weighted by Crippen LogP contribution is -2.53. The van der Waals surface area contributed by atoms with Crippen molar-refractivity contribution >= 4 is 5.97 Å². The van der Waals surface area contributed by atoms with Gasteiger partial charge in [-0.3, -0.25) is 14.6 Å². The number of carboxylic acid groups (broad SMARTS) is 1. The Morgan fingerprint density at radius 1 is 1.29 bits per heavy atom. The second kappa shape index (κ2) is 8.49. The van der Waals surface area contributed by atoms with Crippen molar-refractivity contribution in [3.8, 4) is 5.75 Å². The minimum Gasteiger partial charge on any atom is -0.493 e. The zero-order valence-corrected chi connectivity index (χ0v) is 15.2. The molecule has 0 radical (unpaired) electrons. The molecular formula is C19H30N2O3. The van der Waals surface area contributed by atoms with E-state index in [-0.39, 0.29) is 0 Å². The van der Waals surface area contributed by atoms with E-state index in [0.717, 1.165) is 37.5 Å². The monoisotopic (exact) mass is 334 g/mol. The fraction of sp³-hybridized carbons (Fsp3) is 0.632. The van der Waals surface area contributed by atoms with E-state index in [0.29, 0.717) is 18.6 Å². The first kappa shape index (κ1) is 18.7. The maximum absolute atomic E-state index is 11.9. The zero-order chi connectivity index (χ0) is 17.7. The van der Waals surface area contributed by atoms with Crippen LogP contribution in [0.4, 0.5) is 0 Å². The summed E-state index contributed by atoms with van der Waals surface area (Å²) in [5.74, 6) is 0.469. The zero-order valence-electron chi connectivity index (χ0n) is 15.2. The molecule has 1 heterocycles. The Morgan fingerprint density at radius 3 is 2.46 bits per heavy atom. The molecule has 2 unspecified atom stereocenters. The molecule has 0 aliphatic carbocycles. The van der Waals surface area contributed by atoms with Crippen molar-refractivity contribution in [3.63, 3.8) is 0 Å². The fourth-order valence-corrected chi connectivity index (χ4v) is 3.25. The molecule has 24 heavy (non-hydrogen) atoms. The molecule has 1 aromatic carbocycles. The fourth-order valence-electron chi connectivity index (χ4n) is 3.25. The smallest absolute Gasteiger partial charge is 0.325 e. The third kappa shape index (κ3) is 4.71. The molecule has 1 aliphatic heterocycles. The normalized spacial score (nSPS) is 21.0. The number of aliphatic carboxylic acids is 1. The van der Waals surface area contributed by atoms with E-state index < -0.39 is 12.0 Å². The van der Waals surface area contributed by atoms with Gasteiger partial charge in [0.05, 0.1) is 6.61 Å². The topological polar surface area (TPSA) is 53.0 Å². The first-order chi connectivity index (χ1) is 11.4. The van der Waals surface area contributed by atoms with E-state index in [1.807, 2.05) is 24.3 Å². The summed E-state index contributed by atoms with van der Waals surface area (Å²) in [5.41, 5.74) is 0.816. The lowest BCUT2D eigenvalue weighted by Gasteiger charge is -2.41. The van der Waals surface area contributed by atoms with Gasteiger partial charge in [0.25, 0.3) is 0 Å². The van der Waals surface area contributed by atoms with Gasteiger partial charge in [0.1, 0.15) is 11.8 Å². The van der Waals surface area contributed by atoms with E-state index >= 15 is 0 Å². The lowest BCUT2D eigenvalue weighted by atomic mass is 10.0. The van der Waals surface area contributed by atoms with Crippen LogP contribution in [0.15, 0.2) is 24.3 Å². The van der Waals surface area contributed by atoms with Crippen LogP contribution in [0.25, 0.3) is 0 Å². The van der Waals surface area contributed by atoms with Crippen molar-refractivity contribution in [3.05, 3.63) is 29.8 Å². The largest absolute Gasteiger partial charge is 0.493 e. The minimum absolute atomic E-state index is 0.374. The third-order valence-corrected chi connectivity index (χ3v) is 4.58. The quantitative estimate of drug-likeness (QED) is 0.831. The number of hydrogen-bond acceptors (Lipinski definition) is 4. The summed E-state index contributed by atoms with van der Waals surface area (Å²) < 4.78 is 5.69. The van der Waals surface area contributed by atoms with Gasteiger partial charge in [-0.15, -0.1) is 0 Å². The van der Waals surface area contributed by atoms with Crippen molar-refractivity contribution in [2.24, 2.45) is 5.92 Å². The van der Waals surface area contributed by atoms with Gasteiger partial charge in [0.15, 0.2) is 0 Å². The van der Waals surface area contributed by atoms with E-state index in [1.165, 1.54) is 0 Å². The number of ether oxygens (including phenoxy) is 1.